The van der Waals surface area contributed by atoms with Crippen LogP contribution in [0.25, 0.3) is 6.08 Å². The van der Waals surface area contributed by atoms with E-state index in [2.05, 4.69) is 29.8 Å². The summed E-state index contributed by atoms with van der Waals surface area (Å²) >= 11 is 1.42. The Hall–Kier alpha value is -5.40. The van der Waals surface area contributed by atoms with Gasteiger partial charge in [-0.25, -0.2) is 0 Å². The van der Waals surface area contributed by atoms with Crippen LogP contribution in [0.4, 0.5) is 11.4 Å². The van der Waals surface area contributed by atoms with Crippen LogP contribution in [0.5, 0.6) is 0 Å². The van der Waals surface area contributed by atoms with Crippen molar-refractivity contribution in [3.05, 3.63) is 167 Å². The normalized spacial score (nSPS) is 11.9. The Morgan fingerprint density at radius 2 is 1.32 bits per heavy atom. The Kier molecular flexibility index (Phi) is 11.0. The monoisotopic (exact) mass is 639 g/mol. The lowest BCUT2D eigenvalue weighted by Gasteiger charge is -2.18. The lowest BCUT2D eigenvalue weighted by atomic mass is 10.0. The predicted octanol–water partition coefficient (Wildman–Crippen LogP) is 9.00. The number of hydrogen-bond acceptors (Lipinski definition) is 4. The van der Waals surface area contributed by atoms with Gasteiger partial charge in [-0.2, -0.15) is 0 Å². The summed E-state index contributed by atoms with van der Waals surface area (Å²) in [4.78, 5) is 40.9. The van der Waals surface area contributed by atoms with Crippen LogP contribution < -0.4 is 16.0 Å². The second kappa shape index (κ2) is 15.7. The number of nitrogens with one attached hydrogen (secondary N) is 3. The molecule has 7 heteroatoms. The minimum absolute atomic E-state index is 0.117. The van der Waals surface area contributed by atoms with Gasteiger partial charge in [0.15, 0.2) is 0 Å². The summed E-state index contributed by atoms with van der Waals surface area (Å²) < 4.78 is 0. The van der Waals surface area contributed by atoms with Crippen LogP contribution in [0.1, 0.15) is 57.6 Å². The Balaban J connectivity index is 1.33. The summed E-state index contributed by atoms with van der Waals surface area (Å²) in [6, 6.07) is 41.3. The van der Waals surface area contributed by atoms with Crippen LogP contribution in [-0.2, 0) is 9.59 Å². The highest BCUT2D eigenvalue weighted by Crippen LogP contribution is 2.37. The lowest BCUT2D eigenvalue weighted by Crippen LogP contribution is -2.30. The summed E-state index contributed by atoms with van der Waals surface area (Å²) in [7, 11) is 0. The molecule has 0 bridgehead atoms. The molecule has 3 amide bonds. The van der Waals surface area contributed by atoms with E-state index < -0.39 is 11.2 Å². The molecular weight excluding hydrogens is 603 g/mol. The van der Waals surface area contributed by atoms with Crippen molar-refractivity contribution in [3.63, 3.8) is 0 Å². The third kappa shape index (κ3) is 9.31. The summed E-state index contributed by atoms with van der Waals surface area (Å²) in [6.45, 7) is 6.23. The molecule has 0 aliphatic heterocycles. The van der Waals surface area contributed by atoms with Gasteiger partial charge in [0.25, 0.3) is 11.8 Å². The van der Waals surface area contributed by atoms with Crippen molar-refractivity contribution < 1.29 is 14.4 Å². The first-order chi connectivity index (χ1) is 22.7. The lowest BCUT2D eigenvalue weighted by molar-refractivity contribution is -0.116. The SMILES string of the molecule is Cc1cccc(NC(=O)C(Sc2ccc(NC(=O)/C(=C/c3ccc(C(C)C)cc3)NC(=O)c3ccccc3)cc2)c2ccccc2)c1. The topological polar surface area (TPSA) is 87.3 Å². The van der Waals surface area contributed by atoms with Crippen molar-refractivity contribution >= 4 is 46.9 Å². The van der Waals surface area contributed by atoms with Gasteiger partial charge in [-0.05, 0) is 89.7 Å². The van der Waals surface area contributed by atoms with Gasteiger partial charge in [0.05, 0.1) is 0 Å². The molecule has 3 N–H and O–H groups in total. The molecule has 0 fully saturated rings. The molecule has 0 aliphatic carbocycles. The fraction of sp³-hybridized carbons (Fsp3) is 0.125. The van der Waals surface area contributed by atoms with Crippen molar-refractivity contribution in [3.8, 4) is 0 Å². The molecule has 0 heterocycles. The van der Waals surface area contributed by atoms with E-state index in [0.29, 0.717) is 17.2 Å². The van der Waals surface area contributed by atoms with Gasteiger partial charge >= 0.3 is 0 Å². The molecular formula is C40H37N3O3S. The van der Waals surface area contributed by atoms with Crippen LogP contribution in [-0.4, -0.2) is 17.7 Å². The molecule has 236 valence electrons. The van der Waals surface area contributed by atoms with Crippen LogP contribution in [0.15, 0.2) is 144 Å². The second-order valence-electron chi connectivity index (χ2n) is 11.4. The minimum atomic E-state index is -0.498. The Labute approximate surface area is 280 Å². The maximum atomic E-state index is 13.5. The first kappa shape index (κ1) is 33.0. The van der Waals surface area contributed by atoms with Gasteiger partial charge in [0.1, 0.15) is 10.9 Å². The van der Waals surface area contributed by atoms with E-state index in [9.17, 15) is 14.4 Å². The summed E-state index contributed by atoms with van der Waals surface area (Å²) in [5, 5.41) is 8.25. The molecule has 5 rings (SSSR count). The smallest absolute Gasteiger partial charge is 0.272 e. The first-order valence-corrected chi connectivity index (χ1v) is 16.3. The molecule has 6 nitrogen and oxygen atoms in total. The Morgan fingerprint density at radius 1 is 0.660 bits per heavy atom. The van der Waals surface area contributed by atoms with Crippen LogP contribution in [0, 0.1) is 6.92 Å². The fourth-order valence-electron chi connectivity index (χ4n) is 4.87. The molecule has 0 aliphatic rings. The number of rotatable bonds is 11. The van der Waals surface area contributed by atoms with Gasteiger partial charge in [-0.1, -0.05) is 98.8 Å². The molecule has 5 aromatic rings. The number of anilines is 2. The number of aryl methyl sites for hydroxylation is 1. The standard InChI is InChI=1S/C40H37N3O3S/c1-27(2)30-19-17-29(18-20-30)26-36(43-38(44)32-14-8-5-9-15-32)39(45)41-33-21-23-35(24-22-33)47-37(31-12-6-4-7-13-31)40(46)42-34-16-10-11-28(3)25-34/h4-27,37H,1-3H3,(H,41,45)(H,42,46)(H,43,44)/b36-26-. The highest BCUT2D eigenvalue weighted by molar-refractivity contribution is 8.00. The molecule has 1 unspecified atom stereocenters. The maximum absolute atomic E-state index is 13.5. The van der Waals surface area contributed by atoms with Gasteiger partial charge in [-0.3, -0.25) is 14.4 Å². The van der Waals surface area contributed by atoms with E-state index in [1.165, 1.54) is 17.3 Å². The average molecular weight is 640 g/mol. The second-order valence-corrected chi connectivity index (χ2v) is 12.6. The highest BCUT2D eigenvalue weighted by atomic mass is 32.2. The van der Waals surface area contributed by atoms with Crippen LogP contribution >= 0.6 is 11.8 Å². The molecule has 0 radical (unpaired) electrons. The van der Waals surface area contributed by atoms with Crippen LogP contribution in [0.3, 0.4) is 0 Å². The van der Waals surface area contributed by atoms with Crippen molar-refractivity contribution in [1.82, 2.24) is 5.32 Å². The van der Waals surface area contributed by atoms with E-state index >= 15 is 0 Å². The average Bonchev–Trinajstić information content (AvgIpc) is 3.08. The third-order valence-electron chi connectivity index (χ3n) is 7.44. The van der Waals surface area contributed by atoms with E-state index in [4.69, 9.17) is 0 Å². The van der Waals surface area contributed by atoms with E-state index in [1.54, 1.807) is 42.5 Å². The van der Waals surface area contributed by atoms with Crippen molar-refractivity contribution in [2.45, 2.75) is 36.8 Å². The van der Waals surface area contributed by atoms with Crippen molar-refractivity contribution in [2.75, 3.05) is 10.6 Å². The first-order valence-electron chi connectivity index (χ1n) is 15.4. The zero-order valence-corrected chi connectivity index (χ0v) is 27.4. The van der Waals surface area contributed by atoms with Gasteiger partial charge in [0.2, 0.25) is 5.91 Å². The third-order valence-corrected chi connectivity index (χ3v) is 8.70. The van der Waals surface area contributed by atoms with Gasteiger partial charge < -0.3 is 16.0 Å². The molecule has 47 heavy (non-hydrogen) atoms. The van der Waals surface area contributed by atoms with E-state index in [-0.39, 0.29) is 17.5 Å². The van der Waals surface area contributed by atoms with Gasteiger partial charge in [0, 0.05) is 21.8 Å². The number of carbonyl (C=O) groups excluding carboxylic acids is 3. The molecule has 0 saturated heterocycles. The zero-order chi connectivity index (χ0) is 33.2. The van der Waals surface area contributed by atoms with Crippen molar-refractivity contribution in [2.24, 2.45) is 0 Å². The number of thioether (sulfide) groups is 1. The minimum Gasteiger partial charge on any atom is -0.325 e. The molecule has 5 aromatic carbocycles. The summed E-state index contributed by atoms with van der Waals surface area (Å²) in [6.07, 6.45) is 1.67. The molecule has 0 aromatic heterocycles. The summed E-state index contributed by atoms with van der Waals surface area (Å²) in [5.41, 5.74) is 5.77. The number of amides is 3. The number of benzene rings is 5. The maximum Gasteiger partial charge on any atom is 0.272 e. The van der Waals surface area contributed by atoms with Crippen LogP contribution in [0.2, 0.25) is 0 Å². The highest BCUT2D eigenvalue weighted by Gasteiger charge is 2.22. The Bertz CT molecular complexity index is 1850. The predicted molar refractivity (Wildman–Crippen MR) is 192 cm³/mol. The fourth-order valence-corrected chi connectivity index (χ4v) is 5.89. The van der Waals surface area contributed by atoms with E-state index in [0.717, 1.165) is 27.3 Å². The molecule has 0 saturated carbocycles. The quantitative estimate of drug-likeness (QED) is 0.0995. The molecule has 0 spiro atoms. The number of hydrogen-bond donors (Lipinski definition) is 3. The van der Waals surface area contributed by atoms with Crippen molar-refractivity contribution in [1.29, 1.82) is 0 Å². The summed E-state index contributed by atoms with van der Waals surface area (Å²) in [5.74, 6) is -0.592. The Morgan fingerprint density at radius 3 is 1.96 bits per heavy atom. The molecule has 1 atom stereocenters. The van der Waals surface area contributed by atoms with Gasteiger partial charge in [-0.15, -0.1) is 11.8 Å². The largest absolute Gasteiger partial charge is 0.325 e. The zero-order valence-electron chi connectivity index (χ0n) is 26.6. The van der Waals surface area contributed by atoms with E-state index in [1.807, 2.05) is 104 Å². The number of carbonyl (C=O) groups is 3.